The Morgan fingerprint density at radius 2 is 0.818 bits per heavy atom. The summed E-state index contributed by atoms with van der Waals surface area (Å²) in [7, 11) is 0. The van der Waals surface area contributed by atoms with Crippen LogP contribution in [0.25, 0.3) is 89.7 Å². The molecule has 0 fully saturated rings. The van der Waals surface area contributed by atoms with Crippen LogP contribution >= 0.6 is 0 Å². The molecule has 9 rings (SSSR count). The van der Waals surface area contributed by atoms with Crippen LogP contribution in [0.2, 0.25) is 0 Å². The molecule has 0 atom stereocenters. The molecule has 214 valence electrons. The molecule has 0 radical (unpaired) electrons. The molecular weight excluding hydrogens is 608 g/mol. The maximum absolute atomic E-state index is 11.0. The number of phenolic OH excluding ortho intramolecular Hbond substituents is 3. The summed E-state index contributed by atoms with van der Waals surface area (Å²) in [4.78, 5) is 35.6. The van der Waals surface area contributed by atoms with Gasteiger partial charge in [0.05, 0.1) is 5.39 Å². The molecule has 0 aliphatic carbocycles. The molecule has 0 saturated carbocycles. The van der Waals surface area contributed by atoms with Crippen molar-refractivity contribution >= 4 is 44.1 Å². The summed E-state index contributed by atoms with van der Waals surface area (Å²) in [6.45, 7) is 0. The molecule has 5 N–H and O–H groups in total. The Morgan fingerprint density at radius 1 is 0.432 bits per heavy atom. The second-order valence-corrected chi connectivity index (χ2v) is 10.3. The topological polar surface area (TPSA) is 170 Å². The van der Waals surface area contributed by atoms with E-state index in [1.54, 1.807) is 0 Å². The summed E-state index contributed by atoms with van der Waals surface area (Å²) in [5.74, 6) is -0.0602. The SMILES string of the molecule is Oc1cc2c3nc4nc(nc5[nH]c(nc6nc(nc([nH]3)c2c(O)c1O)-c1ccccc1-6)c1ccccc51)-c1ccccc1-4.[Cu+]. The molecule has 2 aliphatic rings. The largest absolute Gasteiger partial charge is 1.00 e. The fourth-order valence-corrected chi connectivity index (χ4v) is 5.76. The number of hydrogen-bond donors (Lipinski definition) is 5. The van der Waals surface area contributed by atoms with Crippen molar-refractivity contribution in [2.75, 3.05) is 0 Å². The Kier molecular flexibility index (Phi) is 5.48. The zero-order valence-corrected chi connectivity index (χ0v) is 23.3. The number of aromatic hydroxyl groups is 3. The van der Waals surface area contributed by atoms with Crippen molar-refractivity contribution in [3.05, 3.63) is 78.9 Å². The maximum Gasteiger partial charge on any atom is 1.00 e. The van der Waals surface area contributed by atoms with Crippen LogP contribution < -0.4 is 0 Å². The van der Waals surface area contributed by atoms with Crippen LogP contribution in [0.1, 0.15) is 0 Å². The van der Waals surface area contributed by atoms with Gasteiger partial charge in [-0.1, -0.05) is 72.8 Å². The van der Waals surface area contributed by atoms with Gasteiger partial charge >= 0.3 is 17.1 Å². The predicted octanol–water partition coefficient (Wildman–Crippen LogP) is 5.98. The van der Waals surface area contributed by atoms with Gasteiger partial charge < -0.3 is 25.3 Å². The van der Waals surface area contributed by atoms with Crippen molar-refractivity contribution in [2.24, 2.45) is 0 Å². The fourth-order valence-electron chi connectivity index (χ4n) is 5.76. The van der Waals surface area contributed by atoms with Crippen molar-refractivity contribution in [3.63, 3.8) is 0 Å². The minimum atomic E-state index is -0.663. The number of hydrogen-bond acceptors (Lipinski definition) is 9. The smallest absolute Gasteiger partial charge is 0.504 e. The first-order valence-electron chi connectivity index (χ1n) is 13.4. The van der Waals surface area contributed by atoms with Gasteiger partial charge in [-0.25, -0.2) is 29.9 Å². The van der Waals surface area contributed by atoms with E-state index in [1.807, 2.05) is 72.8 Å². The normalized spacial score (nSPS) is 11.7. The number of rotatable bonds is 0. The molecule has 0 spiro atoms. The standard InChI is InChI=1S/C32H18N8O3.Cu/c41-21-13-20-22(24(43)23(21)42)32-39-30-19-12-6-5-11-18(19)28(37-30)35-26-15-8-2-1-7-14(15)25(33-26)34-27-16-9-3-4-10-17(16)29(36-27)38-31(20)40-32;/h1-13,41-43H,(H2,33,34,35,36,37,38,39,40);/q;+1. The number of nitrogens with one attached hydrogen (secondary N) is 2. The summed E-state index contributed by atoms with van der Waals surface area (Å²) < 4.78 is 0. The van der Waals surface area contributed by atoms with Crippen molar-refractivity contribution in [2.45, 2.75) is 0 Å². The minimum absolute atomic E-state index is 0. The molecule has 8 bridgehead atoms. The van der Waals surface area contributed by atoms with E-state index in [2.05, 4.69) is 9.97 Å². The fraction of sp³-hybridized carbons (Fsp3) is 0. The Bertz CT molecular complexity index is 2520. The molecule has 12 heteroatoms. The van der Waals surface area contributed by atoms with E-state index in [0.29, 0.717) is 40.0 Å². The number of benzene rings is 4. The van der Waals surface area contributed by atoms with Crippen LogP contribution in [-0.2, 0) is 17.1 Å². The molecule has 0 amide bonds. The molecular formula is C32H18CuN8O3+. The zero-order valence-electron chi connectivity index (χ0n) is 22.3. The number of aromatic amines is 2. The molecule has 7 aromatic rings. The van der Waals surface area contributed by atoms with Gasteiger partial charge in [-0.15, -0.1) is 0 Å². The molecule has 4 aromatic carbocycles. The van der Waals surface area contributed by atoms with Gasteiger partial charge in [-0.3, -0.25) is 0 Å². The van der Waals surface area contributed by atoms with Crippen LogP contribution in [0.15, 0.2) is 78.9 Å². The average molecular weight is 626 g/mol. The Morgan fingerprint density at radius 3 is 1.30 bits per heavy atom. The molecule has 11 nitrogen and oxygen atoms in total. The first kappa shape index (κ1) is 25.8. The van der Waals surface area contributed by atoms with Crippen molar-refractivity contribution in [3.8, 4) is 62.8 Å². The second kappa shape index (κ2) is 9.33. The predicted molar refractivity (Wildman–Crippen MR) is 161 cm³/mol. The third kappa shape index (κ3) is 3.62. The summed E-state index contributed by atoms with van der Waals surface area (Å²) in [5, 5.41) is 34.0. The molecule has 44 heavy (non-hydrogen) atoms. The number of nitrogens with zero attached hydrogens (tertiary/aromatic N) is 6. The van der Waals surface area contributed by atoms with Gasteiger partial charge in [-0.05, 0) is 6.07 Å². The Hall–Kier alpha value is -5.84. The quantitative estimate of drug-likeness (QED) is 0.100. The minimum Gasteiger partial charge on any atom is -0.504 e. The van der Waals surface area contributed by atoms with E-state index in [0.717, 1.165) is 33.0 Å². The van der Waals surface area contributed by atoms with E-state index >= 15 is 0 Å². The van der Waals surface area contributed by atoms with Crippen LogP contribution in [-0.4, -0.2) is 55.2 Å². The molecule has 0 unspecified atom stereocenters. The maximum atomic E-state index is 11.0. The first-order chi connectivity index (χ1) is 21.0. The summed E-state index contributed by atoms with van der Waals surface area (Å²) >= 11 is 0. The van der Waals surface area contributed by atoms with Crippen molar-refractivity contribution < 1.29 is 32.4 Å². The van der Waals surface area contributed by atoms with E-state index < -0.39 is 17.2 Å². The van der Waals surface area contributed by atoms with Crippen LogP contribution in [0.4, 0.5) is 0 Å². The molecule has 3 aromatic heterocycles. The molecule has 0 saturated heterocycles. The van der Waals surface area contributed by atoms with E-state index in [9.17, 15) is 15.3 Å². The average Bonchev–Trinajstić information content (AvgIpc) is 3.75. The van der Waals surface area contributed by atoms with Gasteiger partial charge in [0, 0.05) is 38.4 Å². The van der Waals surface area contributed by atoms with Crippen LogP contribution in [0.3, 0.4) is 0 Å². The first-order valence-corrected chi connectivity index (χ1v) is 13.4. The summed E-state index contributed by atoms with van der Waals surface area (Å²) in [6, 6.07) is 24.4. The molecule has 2 aliphatic heterocycles. The monoisotopic (exact) mass is 625 g/mol. The van der Waals surface area contributed by atoms with Crippen molar-refractivity contribution in [1.29, 1.82) is 0 Å². The van der Waals surface area contributed by atoms with Gasteiger partial charge in [-0.2, -0.15) is 0 Å². The second-order valence-electron chi connectivity index (χ2n) is 10.3. The van der Waals surface area contributed by atoms with Gasteiger partial charge in [0.1, 0.15) is 22.6 Å². The van der Waals surface area contributed by atoms with Crippen LogP contribution in [0.5, 0.6) is 17.2 Å². The number of phenols is 3. The Balaban J connectivity index is 0.00000289. The molecule has 5 heterocycles. The van der Waals surface area contributed by atoms with Gasteiger partial charge in [0.2, 0.25) is 5.75 Å². The third-order valence-corrected chi connectivity index (χ3v) is 7.77. The van der Waals surface area contributed by atoms with E-state index in [-0.39, 0.29) is 33.7 Å². The zero-order chi connectivity index (χ0) is 28.8. The number of H-pyrrole nitrogens is 2. The van der Waals surface area contributed by atoms with Gasteiger partial charge in [0.25, 0.3) is 0 Å². The number of aromatic nitrogens is 8. The number of fused-ring (bicyclic) bond motifs is 20. The van der Waals surface area contributed by atoms with E-state index in [1.165, 1.54) is 6.07 Å². The summed E-state index contributed by atoms with van der Waals surface area (Å²) in [6.07, 6.45) is 0. The van der Waals surface area contributed by atoms with Crippen LogP contribution in [0, 0.1) is 0 Å². The Labute approximate surface area is 257 Å². The third-order valence-electron chi connectivity index (χ3n) is 7.77. The van der Waals surface area contributed by atoms with Crippen molar-refractivity contribution in [1.82, 2.24) is 39.9 Å². The van der Waals surface area contributed by atoms with Gasteiger partial charge in [0.15, 0.2) is 34.8 Å². The van der Waals surface area contributed by atoms with E-state index in [4.69, 9.17) is 29.9 Å². The summed E-state index contributed by atoms with van der Waals surface area (Å²) in [5.41, 5.74) is 4.71.